The van der Waals surface area contributed by atoms with Crippen molar-refractivity contribution in [2.24, 2.45) is 0 Å². The Morgan fingerprint density at radius 3 is 2.90 bits per heavy atom. The predicted molar refractivity (Wildman–Crippen MR) is 77.6 cm³/mol. The molecule has 2 unspecified atom stereocenters. The molecular formula is C15H25N3O2. The van der Waals surface area contributed by atoms with E-state index in [4.69, 9.17) is 4.74 Å². The van der Waals surface area contributed by atoms with Crippen LogP contribution in [0.25, 0.3) is 0 Å². The lowest BCUT2D eigenvalue weighted by molar-refractivity contribution is -0.150. The Morgan fingerprint density at radius 1 is 1.60 bits per heavy atom. The summed E-state index contributed by atoms with van der Waals surface area (Å²) in [6.45, 7) is 6.90. The predicted octanol–water partition coefficient (Wildman–Crippen LogP) is 2.14. The molecule has 1 saturated carbocycles. The number of hydrogen-bond acceptors (Lipinski definition) is 4. The third-order valence-corrected chi connectivity index (χ3v) is 4.50. The van der Waals surface area contributed by atoms with Gasteiger partial charge in [-0.3, -0.25) is 4.79 Å². The number of ether oxygens (including phenoxy) is 1. The number of carbonyl (C=O) groups excluding carboxylic acids is 1. The molecule has 112 valence electrons. The third-order valence-electron chi connectivity index (χ3n) is 4.50. The Bertz CT molecular complexity index is 479. The number of nitrogens with one attached hydrogen (secondary N) is 1. The van der Waals surface area contributed by atoms with Crippen molar-refractivity contribution in [2.75, 3.05) is 13.7 Å². The monoisotopic (exact) mass is 279 g/mol. The molecule has 1 aromatic rings. The van der Waals surface area contributed by atoms with E-state index in [2.05, 4.69) is 21.8 Å². The van der Waals surface area contributed by atoms with E-state index in [1.165, 1.54) is 12.8 Å². The van der Waals surface area contributed by atoms with Crippen molar-refractivity contribution >= 4 is 5.97 Å². The number of aryl methyl sites for hydroxylation is 1. The van der Waals surface area contributed by atoms with Crippen LogP contribution in [-0.4, -0.2) is 34.7 Å². The molecule has 2 rings (SSSR count). The SMILES string of the molecule is CCNC1(C(=O)OC)CCCC(n2cnc(C)c2C)C1. The fraction of sp³-hybridized carbons (Fsp3) is 0.733. The van der Waals surface area contributed by atoms with Crippen LogP contribution in [0.15, 0.2) is 6.33 Å². The van der Waals surface area contributed by atoms with Crippen LogP contribution in [0.1, 0.15) is 50.0 Å². The van der Waals surface area contributed by atoms with Crippen molar-refractivity contribution in [1.29, 1.82) is 0 Å². The molecule has 1 heterocycles. The summed E-state index contributed by atoms with van der Waals surface area (Å²) in [6.07, 6.45) is 5.61. The minimum Gasteiger partial charge on any atom is -0.468 e. The van der Waals surface area contributed by atoms with Crippen LogP contribution in [0, 0.1) is 13.8 Å². The van der Waals surface area contributed by atoms with Crippen molar-refractivity contribution in [3.63, 3.8) is 0 Å². The Balaban J connectivity index is 2.26. The molecule has 2 atom stereocenters. The summed E-state index contributed by atoms with van der Waals surface area (Å²) >= 11 is 0. The molecule has 0 amide bonds. The van der Waals surface area contributed by atoms with Gasteiger partial charge in [0, 0.05) is 11.7 Å². The molecule has 0 saturated heterocycles. The Labute approximate surface area is 120 Å². The molecule has 0 bridgehead atoms. The fourth-order valence-electron chi connectivity index (χ4n) is 3.32. The number of aromatic nitrogens is 2. The molecule has 5 nitrogen and oxygen atoms in total. The van der Waals surface area contributed by atoms with Gasteiger partial charge in [0.05, 0.1) is 19.1 Å². The van der Waals surface area contributed by atoms with Gasteiger partial charge in [0.15, 0.2) is 0 Å². The summed E-state index contributed by atoms with van der Waals surface area (Å²) < 4.78 is 7.25. The highest BCUT2D eigenvalue weighted by atomic mass is 16.5. The van der Waals surface area contributed by atoms with E-state index >= 15 is 0 Å². The summed E-state index contributed by atoms with van der Waals surface area (Å²) in [6, 6.07) is 0.308. The standard InChI is InChI=1S/C15H25N3O2/c1-5-17-15(14(19)20-4)8-6-7-13(9-15)18-10-16-11(2)12(18)3/h10,13,17H,5-9H2,1-4H3. The first kappa shape index (κ1) is 15.0. The average molecular weight is 279 g/mol. The number of hydrogen-bond donors (Lipinski definition) is 1. The van der Waals surface area contributed by atoms with Crippen LogP contribution in [0.5, 0.6) is 0 Å². The highest BCUT2D eigenvalue weighted by Crippen LogP contribution is 2.37. The first-order valence-electron chi connectivity index (χ1n) is 7.37. The number of nitrogens with zero attached hydrogens (tertiary/aromatic N) is 2. The molecule has 0 radical (unpaired) electrons. The first-order chi connectivity index (χ1) is 9.54. The normalized spacial score (nSPS) is 26.5. The number of esters is 1. The lowest BCUT2D eigenvalue weighted by Gasteiger charge is -2.39. The van der Waals surface area contributed by atoms with E-state index in [1.54, 1.807) is 0 Å². The van der Waals surface area contributed by atoms with Crippen LogP contribution >= 0.6 is 0 Å². The molecule has 5 heteroatoms. The zero-order valence-electron chi connectivity index (χ0n) is 12.9. The van der Waals surface area contributed by atoms with Gasteiger partial charge in [-0.15, -0.1) is 0 Å². The number of methoxy groups -OCH3 is 1. The second-order valence-corrected chi connectivity index (χ2v) is 5.68. The number of rotatable bonds is 4. The van der Waals surface area contributed by atoms with Crippen molar-refractivity contribution in [2.45, 2.75) is 58.0 Å². The van der Waals surface area contributed by atoms with E-state index < -0.39 is 5.54 Å². The average Bonchev–Trinajstić information content (AvgIpc) is 2.78. The van der Waals surface area contributed by atoms with Gasteiger partial charge in [-0.2, -0.15) is 0 Å². The molecule has 1 fully saturated rings. The summed E-state index contributed by atoms with van der Waals surface area (Å²) in [5.41, 5.74) is 1.70. The molecule has 0 aromatic carbocycles. The van der Waals surface area contributed by atoms with Gasteiger partial charge in [-0.05, 0) is 46.1 Å². The van der Waals surface area contributed by atoms with Crippen molar-refractivity contribution in [3.05, 3.63) is 17.7 Å². The topological polar surface area (TPSA) is 56.1 Å². The van der Waals surface area contributed by atoms with Crippen molar-refractivity contribution in [1.82, 2.24) is 14.9 Å². The Morgan fingerprint density at radius 2 is 2.35 bits per heavy atom. The maximum atomic E-state index is 12.2. The quantitative estimate of drug-likeness (QED) is 0.858. The van der Waals surface area contributed by atoms with Gasteiger partial charge in [-0.25, -0.2) is 4.98 Å². The minimum atomic E-state index is -0.545. The third kappa shape index (κ3) is 2.59. The molecule has 0 spiro atoms. The molecule has 1 aliphatic rings. The zero-order chi connectivity index (χ0) is 14.8. The molecule has 20 heavy (non-hydrogen) atoms. The zero-order valence-corrected chi connectivity index (χ0v) is 12.9. The van der Waals surface area contributed by atoms with Crippen LogP contribution in [0.2, 0.25) is 0 Å². The van der Waals surface area contributed by atoms with Crippen LogP contribution in [0.3, 0.4) is 0 Å². The molecule has 1 N–H and O–H groups in total. The van der Waals surface area contributed by atoms with Gasteiger partial charge in [0.2, 0.25) is 0 Å². The second kappa shape index (κ2) is 5.95. The van der Waals surface area contributed by atoms with E-state index in [9.17, 15) is 4.79 Å². The Hall–Kier alpha value is -1.36. The van der Waals surface area contributed by atoms with E-state index in [1.807, 2.05) is 20.2 Å². The molecule has 1 aliphatic carbocycles. The van der Waals surface area contributed by atoms with E-state index in [-0.39, 0.29) is 5.97 Å². The highest BCUT2D eigenvalue weighted by molar-refractivity contribution is 5.81. The maximum Gasteiger partial charge on any atom is 0.326 e. The number of imidazole rings is 1. The smallest absolute Gasteiger partial charge is 0.326 e. The van der Waals surface area contributed by atoms with Crippen molar-refractivity contribution < 1.29 is 9.53 Å². The van der Waals surface area contributed by atoms with Crippen LogP contribution in [-0.2, 0) is 9.53 Å². The van der Waals surface area contributed by atoms with E-state index in [0.717, 1.165) is 37.9 Å². The largest absolute Gasteiger partial charge is 0.468 e. The molecule has 0 aliphatic heterocycles. The summed E-state index contributed by atoms with van der Waals surface area (Å²) in [5, 5.41) is 3.37. The fourth-order valence-corrected chi connectivity index (χ4v) is 3.32. The van der Waals surface area contributed by atoms with Gasteiger partial charge in [0.1, 0.15) is 5.54 Å². The summed E-state index contributed by atoms with van der Waals surface area (Å²) in [5.74, 6) is -0.140. The minimum absolute atomic E-state index is 0.140. The summed E-state index contributed by atoms with van der Waals surface area (Å²) in [7, 11) is 1.47. The van der Waals surface area contributed by atoms with E-state index in [0.29, 0.717) is 6.04 Å². The van der Waals surface area contributed by atoms with Crippen LogP contribution < -0.4 is 5.32 Å². The lowest BCUT2D eigenvalue weighted by atomic mass is 9.78. The van der Waals surface area contributed by atoms with Gasteiger partial charge < -0.3 is 14.6 Å². The van der Waals surface area contributed by atoms with Gasteiger partial charge >= 0.3 is 5.97 Å². The van der Waals surface area contributed by atoms with Crippen molar-refractivity contribution in [3.8, 4) is 0 Å². The van der Waals surface area contributed by atoms with Crippen LogP contribution in [0.4, 0.5) is 0 Å². The Kier molecular flexibility index (Phi) is 4.48. The first-order valence-corrected chi connectivity index (χ1v) is 7.37. The second-order valence-electron chi connectivity index (χ2n) is 5.68. The lowest BCUT2D eigenvalue weighted by Crippen LogP contribution is -2.55. The summed E-state index contributed by atoms with van der Waals surface area (Å²) in [4.78, 5) is 16.6. The number of carbonyl (C=O) groups is 1. The van der Waals surface area contributed by atoms with Gasteiger partial charge in [0.25, 0.3) is 0 Å². The maximum absolute atomic E-state index is 12.2. The highest BCUT2D eigenvalue weighted by Gasteiger charge is 2.43. The number of likely N-dealkylation sites (N-methyl/N-ethyl adjacent to an activating group) is 1. The van der Waals surface area contributed by atoms with Gasteiger partial charge in [-0.1, -0.05) is 6.92 Å². The molecular weight excluding hydrogens is 254 g/mol. The molecule has 1 aromatic heterocycles.